The van der Waals surface area contributed by atoms with Crippen LogP contribution in [0.15, 0.2) is 23.2 Å². The third-order valence-electron chi connectivity index (χ3n) is 4.85. The van der Waals surface area contributed by atoms with Crippen LogP contribution in [0.2, 0.25) is 0 Å². The molecule has 0 radical (unpaired) electrons. The number of imidazole rings is 1. The van der Waals surface area contributed by atoms with Gasteiger partial charge in [-0.3, -0.25) is 4.40 Å². The summed E-state index contributed by atoms with van der Waals surface area (Å²) in [5.41, 5.74) is 0.304. The lowest BCUT2D eigenvalue weighted by molar-refractivity contribution is 0.0214. The maximum Gasteiger partial charge on any atom is 0.410 e. The first kappa shape index (κ1) is 16.6. The second-order valence-electron chi connectivity index (χ2n) is 7.72. The topological polar surface area (TPSA) is 71.8 Å². The van der Waals surface area contributed by atoms with E-state index in [2.05, 4.69) is 31.2 Å². The van der Waals surface area contributed by atoms with Crippen molar-refractivity contribution in [2.45, 2.75) is 63.8 Å². The second-order valence-corrected chi connectivity index (χ2v) is 8.54. The lowest BCUT2D eigenvalue weighted by Gasteiger charge is -2.28. The van der Waals surface area contributed by atoms with E-state index in [0.29, 0.717) is 0 Å². The minimum atomic E-state index is -0.475. The Hall–Kier alpha value is -1.83. The van der Waals surface area contributed by atoms with Crippen LogP contribution in [0.5, 0.6) is 0 Å². The molecule has 0 aliphatic carbocycles. The van der Waals surface area contributed by atoms with E-state index in [4.69, 9.17) is 4.74 Å². The molecule has 2 aromatic heterocycles. The van der Waals surface area contributed by atoms with E-state index in [-0.39, 0.29) is 24.2 Å². The lowest BCUT2D eigenvalue weighted by atomic mass is 9.95. The zero-order valence-electron chi connectivity index (χ0n) is 14.6. The Kier molecular flexibility index (Phi) is 3.90. The number of amides is 1. The number of nitrogens with one attached hydrogen (secondary N) is 1. The molecule has 4 rings (SSSR count). The highest BCUT2D eigenvalue weighted by Gasteiger charge is 2.50. The van der Waals surface area contributed by atoms with E-state index in [0.717, 1.165) is 35.3 Å². The summed E-state index contributed by atoms with van der Waals surface area (Å²) >= 11 is 3.48. The van der Waals surface area contributed by atoms with Gasteiger partial charge in [0.05, 0.1) is 18.3 Å². The van der Waals surface area contributed by atoms with E-state index in [1.807, 2.05) is 36.3 Å². The van der Waals surface area contributed by atoms with Gasteiger partial charge in [0.1, 0.15) is 10.2 Å². The average molecular weight is 408 g/mol. The van der Waals surface area contributed by atoms with E-state index in [1.165, 1.54) is 0 Å². The number of carbonyl (C=O) groups excluding carboxylic acids is 1. The van der Waals surface area contributed by atoms with Gasteiger partial charge < -0.3 is 15.0 Å². The standard InChI is InChI=1S/C17H22BrN5O2/c1-17(2,3)25-16(24)23-10-4-5-12(23)11(8-10)21-14-15-20-9-13(18)22(15)7-6-19-14/h6-7,9-12H,4-5,8H2,1-3H3,(H,19,21). The summed E-state index contributed by atoms with van der Waals surface area (Å²) in [6.45, 7) is 5.71. The average Bonchev–Trinajstić information content (AvgIpc) is 3.19. The predicted molar refractivity (Wildman–Crippen MR) is 97.6 cm³/mol. The third kappa shape index (κ3) is 2.96. The summed E-state index contributed by atoms with van der Waals surface area (Å²) in [7, 11) is 0. The van der Waals surface area contributed by atoms with Crippen molar-refractivity contribution in [3.8, 4) is 0 Å². The molecule has 0 saturated carbocycles. The normalized spacial score (nSPS) is 25.6. The van der Waals surface area contributed by atoms with Gasteiger partial charge in [0.15, 0.2) is 11.5 Å². The third-order valence-corrected chi connectivity index (χ3v) is 5.43. The largest absolute Gasteiger partial charge is 0.444 e. The quantitative estimate of drug-likeness (QED) is 0.825. The Morgan fingerprint density at radius 2 is 2.16 bits per heavy atom. The molecule has 4 heterocycles. The minimum Gasteiger partial charge on any atom is -0.444 e. The fraction of sp³-hybridized carbons (Fsp3) is 0.588. The molecule has 7 nitrogen and oxygen atoms in total. The Labute approximate surface area is 154 Å². The molecule has 1 N–H and O–H groups in total. The first-order chi connectivity index (χ1) is 11.8. The van der Waals surface area contributed by atoms with Gasteiger partial charge in [0.25, 0.3) is 0 Å². The molecule has 3 unspecified atom stereocenters. The van der Waals surface area contributed by atoms with Crippen LogP contribution in [-0.4, -0.2) is 49.1 Å². The molecule has 2 aromatic rings. The van der Waals surface area contributed by atoms with Gasteiger partial charge in [-0.25, -0.2) is 14.8 Å². The van der Waals surface area contributed by atoms with Crippen LogP contribution >= 0.6 is 15.9 Å². The zero-order valence-corrected chi connectivity index (χ0v) is 16.2. The number of nitrogens with zero attached hydrogens (tertiary/aromatic N) is 4. The van der Waals surface area contributed by atoms with E-state index in [9.17, 15) is 4.79 Å². The van der Waals surface area contributed by atoms with Crippen molar-refractivity contribution in [2.75, 3.05) is 5.32 Å². The van der Waals surface area contributed by atoms with Crippen LogP contribution in [0, 0.1) is 0 Å². The molecule has 0 spiro atoms. The zero-order chi connectivity index (χ0) is 17.8. The molecule has 25 heavy (non-hydrogen) atoms. The van der Waals surface area contributed by atoms with Gasteiger partial charge in [0, 0.05) is 18.4 Å². The van der Waals surface area contributed by atoms with Crippen LogP contribution in [-0.2, 0) is 4.74 Å². The minimum absolute atomic E-state index is 0.139. The molecule has 2 bridgehead atoms. The van der Waals surface area contributed by atoms with Crippen molar-refractivity contribution >= 4 is 33.5 Å². The maximum absolute atomic E-state index is 12.6. The molecule has 2 fully saturated rings. The molecule has 1 amide bonds. The summed E-state index contributed by atoms with van der Waals surface area (Å²) < 4.78 is 8.42. The number of anilines is 1. The van der Waals surface area contributed by atoms with Crippen molar-refractivity contribution in [3.63, 3.8) is 0 Å². The van der Waals surface area contributed by atoms with Crippen molar-refractivity contribution in [2.24, 2.45) is 0 Å². The summed E-state index contributed by atoms with van der Waals surface area (Å²) in [4.78, 5) is 23.4. The van der Waals surface area contributed by atoms with Crippen LogP contribution in [0.3, 0.4) is 0 Å². The SMILES string of the molecule is CC(C)(C)OC(=O)N1C2CCC1C(Nc1nccn3c(Br)cnc13)C2. The highest BCUT2D eigenvalue weighted by atomic mass is 79.9. The molecule has 8 heteroatoms. The monoisotopic (exact) mass is 407 g/mol. The molecular weight excluding hydrogens is 386 g/mol. The number of hydrogen-bond donors (Lipinski definition) is 1. The van der Waals surface area contributed by atoms with Gasteiger partial charge in [-0.1, -0.05) is 0 Å². The smallest absolute Gasteiger partial charge is 0.410 e. The van der Waals surface area contributed by atoms with Crippen molar-refractivity contribution in [3.05, 3.63) is 23.2 Å². The molecule has 3 atom stereocenters. The molecule has 2 saturated heterocycles. The van der Waals surface area contributed by atoms with Crippen molar-refractivity contribution < 1.29 is 9.53 Å². The fourth-order valence-electron chi connectivity index (χ4n) is 3.91. The number of fused-ring (bicyclic) bond motifs is 3. The van der Waals surface area contributed by atoms with Gasteiger partial charge in [-0.15, -0.1) is 0 Å². The van der Waals surface area contributed by atoms with Crippen molar-refractivity contribution in [1.82, 2.24) is 19.3 Å². The number of ether oxygens (including phenoxy) is 1. The van der Waals surface area contributed by atoms with Crippen LogP contribution in [0.25, 0.3) is 5.65 Å². The highest BCUT2D eigenvalue weighted by Crippen LogP contribution is 2.40. The first-order valence-corrected chi connectivity index (χ1v) is 9.38. The van der Waals surface area contributed by atoms with E-state index in [1.54, 1.807) is 12.4 Å². The van der Waals surface area contributed by atoms with Gasteiger partial charge in [-0.2, -0.15) is 0 Å². The highest BCUT2D eigenvalue weighted by molar-refractivity contribution is 9.10. The number of hydrogen-bond acceptors (Lipinski definition) is 5. The predicted octanol–water partition coefficient (Wildman–Crippen LogP) is 3.44. The number of rotatable bonds is 2. The second kappa shape index (κ2) is 5.86. The fourth-order valence-corrected chi connectivity index (χ4v) is 4.30. The Balaban J connectivity index is 1.54. The number of aromatic nitrogens is 3. The van der Waals surface area contributed by atoms with E-state index >= 15 is 0 Å². The van der Waals surface area contributed by atoms with Gasteiger partial charge in [-0.05, 0) is 56.0 Å². The Morgan fingerprint density at radius 1 is 1.36 bits per heavy atom. The summed E-state index contributed by atoms with van der Waals surface area (Å²) in [5.74, 6) is 0.745. The van der Waals surface area contributed by atoms with Crippen LogP contribution < -0.4 is 5.32 Å². The Bertz CT molecular complexity index is 815. The first-order valence-electron chi connectivity index (χ1n) is 8.59. The molecule has 2 aliphatic rings. The Morgan fingerprint density at radius 3 is 2.92 bits per heavy atom. The van der Waals surface area contributed by atoms with Crippen LogP contribution in [0.1, 0.15) is 40.0 Å². The molecule has 2 aliphatic heterocycles. The van der Waals surface area contributed by atoms with Gasteiger partial charge >= 0.3 is 6.09 Å². The number of carbonyl (C=O) groups is 1. The summed E-state index contributed by atoms with van der Waals surface area (Å²) in [6, 6.07) is 0.546. The summed E-state index contributed by atoms with van der Waals surface area (Å²) in [6.07, 6.45) is 8.10. The van der Waals surface area contributed by atoms with Crippen LogP contribution in [0.4, 0.5) is 10.6 Å². The molecule has 134 valence electrons. The maximum atomic E-state index is 12.6. The lowest BCUT2D eigenvalue weighted by Crippen LogP contribution is -2.42. The molecule has 0 aromatic carbocycles. The van der Waals surface area contributed by atoms with Crippen molar-refractivity contribution in [1.29, 1.82) is 0 Å². The van der Waals surface area contributed by atoms with E-state index < -0.39 is 5.60 Å². The summed E-state index contributed by atoms with van der Waals surface area (Å²) in [5, 5.41) is 3.51. The van der Waals surface area contributed by atoms with Gasteiger partial charge in [0.2, 0.25) is 0 Å². The molecular formula is C17H22BrN5O2. The number of halogens is 1.